The molecule has 0 spiro atoms. The second-order valence-corrected chi connectivity index (χ2v) is 3.84. The number of nitrogens with two attached hydrogens (primary N) is 1. The van der Waals surface area contributed by atoms with E-state index in [0.717, 1.165) is 30.6 Å². The number of Topliss-reactive ketones (excluding diaryl/α,β-unsaturated/α-hetero) is 1. The third kappa shape index (κ3) is 1.38. The summed E-state index contributed by atoms with van der Waals surface area (Å²) in [6, 6.07) is 1.75. The maximum atomic E-state index is 11.9. The number of fused-ring (bicyclic) bond motifs is 1. The number of hydrogen-bond donors (Lipinski definition) is 1. The highest BCUT2D eigenvalue weighted by atomic mass is 16.3. The Morgan fingerprint density at radius 3 is 3.21 bits per heavy atom. The minimum atomic E-state index is -0.00917. The van der Waals surface area contributed by atoms with Crippen LogP contribution in [0.1, 0.15) is 35.9 Å². The zero-order chi connectivity index (χ0) is 10.1. The molecule has 2 atom stereocenters. The lowest BCUT2D eigenvalue weighted by atomic mass is 9.81. The molecular weight excluding hydrogens is 178 g/mol. The van der Waals surface area contributed by atoms with Crippen molar-refractivity contribution in [3.63, 3.8) is 0 Å². The molecule has 0 radical (unpaired) electrons. The molecule has 1 aromatic heterocycles. The van der Waals surface area contributed by atoms with E-state index in [0.29, 0.717) is 0 Å². The van der Waals surface area contributed by atoms with E-state index in [1.807, 2.05) is 6.92 Å². The van der Waals surface area contributed by atoms with Gasteiger partial charge in [0, 0.05) is 18.4 Å². The van der Waals surface area contributed by atoms with Crippen LogP contribution in [0.3, 0.4) is 0 Å². The summed E-state index contributed by atoms with van der Waals surface area (Å²) in [6.07, 6.45) is 4.10. The maximum Gasteiger partial charge on any atom is 0.171 e. The van der Waals surface area contributed by atoms with Gasteiger partial charge in [0.2, 0.25) is 0 Å². The van der Waals surface area contributed by atoms with E-state index in [2.05, 4.69) is 0 Å². The molecule has 0 aliphatic heterocycles. The van der Waals surface area contributed by atoms with Crippen LogP contribution in [0.4, 0.5) is 0 Å². The summed E-state index contributed by atoms with van der Waals surface area (Å²) in [5.74, 6) is 0.981. The Labute approximate surface area is 83.3 Å². The third-order valence-corrected chi connectivity index (χ3v) is 3.02. The zero-order valence-electron chi connectivity index (χ0n) is 8.32. The van der Waals surface area contributed by atoms with E-state index in [-0.39, 0.29) is 17.7 Å². The van der Waals surface area contributed by atoms with Crippen LogP contribution in [-0.4, -0.2) is 11.8 Å². The predicted octanol–water partition coefficient (Wildman–Crippen LogP) is 1.76. The molecule has 0 bridgehead atoms. The van der Waals surface area contributed by atoms with Gasteiger partial charge in [-0.3, -0.25) is 4.79 Å². The summed E-state index contributed by atoms with van der Waals surface area (Å²) in [5, 5.41) is 0. The molecule has 2 N–H and O–H groups in total. The van der Waals surface area contributed by atoms with Crippen LogP contribution >= 0.6 is 0 Å². The van der Waals surface area contributed by atoms with Crippen molar-refractivity contribution in [2.24, 2.45) is 11.7 Å². The van der Waals surface area contributed by atoms with Gasteiger partial charge in [-0.15, -0.1) is 0 Å². The van der Waals surface area contributed by atoms with Crippen molar-refractivity contribution in [3.05, 3.63) is 23.7 Å². The number of aryl methyl sites for hydroxylation is 1. The van der Waals surface area contributed by atoms with E-state index in [1.165, 1.54) is 0 Å². The first-order valence-corrected chi connectivity index (χ1v) is 5.10. The number of rotatable bonds is 2. The molecule has 3 nitrogen and oxygen atoms in total. The normalized spacial score (nSPS) is 23.3. The second kappa shape index (κ2) is 3.58. The first kappa shape index (κ1) is 9.46. The van der Waals surface area contributed by atoms with Crippen LogP contribution in [0.5, 0.6) is 0 Å². The molecule has 76 valence electrons. The van der Waals surface area contributed by atoms with Gasteiger partial charge in [0.25, 0.3) is 0 Å². The average molecular weight is 193 g/mol. The SMILES string of the molecule is CCC(N)C1CCc2occc2C1=O. The van der Waals surface area contributed by atoms with Crippen molar-refractivity contribution in [3.8, 4) is 0 Å². The van der Waals surface area contributed by atoms with Gasteiger partial charge in [0.15, 0.2) is 5.78 Å². The Morgan fingerprint density at radius 2 is 2.50 bits per heavy atom. The molecule has 1 heterocycles. The lowest BCUT2D eigenvalue weighted by molar-refractivity contribution is 0.0875. The van der Waals surface area contributed by atoms with Crippen LogP contribution in [0.25, 0.3) is 0 Å². The van der Waals surface area contributed by atoms with Crippen molar-refractivity contribution in [1.82, 2.24) is 0 Å². The molecule has 2 unspecified atom stereocenters. The minimum Gasteiger partial charge on any atom is -0.469 e. The van der Waals surface area contributed by atoms with Gasteiger partial charge in [-0.1, -0.05) is 6.92 Å². The fourth-order valence-corrected chi connectivity index (χ4v) is 2.06. The number of hydrogen-bond acceptors (Lipinski definition) is 3. The van der Waals surface area contributed by atoms with E-state index in [9.17, 15) is 4.79 Å². The lowest BCUT2D eigenvalue weighted by Crippen LogP contribution is -2.37. The van der Waals surface area contributed by atoms with Gasteiger partial charge in [0.1, 0.15) is 5.76 Å². The van der Waals surface area contributed by atoms with Gasteiger partial charge >= 0.3 is 0 Å². The highest BCUT2D eigenvalue weighted by Gasteiger charge is 2.32. The van der Waals surface area contributed by atoms with Crippen molar-refractivity contribution in [2.75, 3.05) is 0 Å². The first-order valence-electron chi connectivity index (χ1n) is 5.10. The molecule has 0 saturated heterocycles. The highest BCUT2D eigenvalue weighted by molar-refractivity contribution is 6.00. The monoisotopic (exact) mass is 193 g/mol. The molecule has 0 saturated carbocycles. The number of ketones is 1. The Kier molecular flexibility index (Phi) is 2.42. The van der Waals surface area contributed by atoms with Crippen molar-refractivity contribution in [1.29, 1.82) is 0 Å². The van der Waals surface area contributed by atoms with Gasteiger partial charge in [0.05, 0.1) is 11.8 Å². The Bertz CT molecular complexity index is 343. The van der Waals surface area contributed by atoms with E-state index >= 15 is 0 Å². The van der Waals surface area contributed by atoms with Crippen molar-refractivity contribution >= 4 is 5.78 Å². The first-order chi connectivity index (χ1) is 6.74. The minimum absolute atomic E-state index is 0.00875. The molecule has 0 fully saturated rings. The standard InChI is InChI=1S/C11H15NO2/c1-2-9(12)7-3-4-10-8(11(7)13)5-6-14-10/h5-7,9H,2-4,12H2,1H3. The Hall–Kier alpha value is -1.09. The van der Waals surface area contributed by atoms with E-state index < -0.39 is 0 Å². The smallest absolute Gasteiger partial charge is 0.171 e. The van der Waals surface area contributed by atoms with Gasteiger partial charge in [-0.2, -0.15) is 0 Å². The average Bonchev–Trinajstić information content (AvgIpc) is 2.66. The van der Waals surface area contributed by atoms with Crippen molar-refractivity contribution < 1.29 is 9.21 Å². The van der Waals surface area contributed by atoms with Crippen LogP contribution in [0.15, 0.2) is 16.7 Å². The van der Waals surface area contributed by atoms with Crippen LogP contribution in [-0.2, 0) is 6.42 Å². The molecule has 2 rings (SSSR count). The molecule has 1 aromatic rings. The summed E-state index contributed by atoms with van der Waals surface area (Å²) in [7, 11) is 0. The maximum absolute atomic E-state index is 11.9. The zero-order valence-corrected chi connectivity index (χ0v) is 8.32. The predicted molar refractivity (Wildman–Crippen MR) is 53.1 cm³/mol. The second-order valence-electron chi connectivity index (χ2n) is 3.84. The highest BCUT2D eigenvalue weighted by Crippen LogP contribution is 2.28. The third-order valence-electron chi connectivity index (χ3n) is 3.02. The number of carbonyl (C=O) groups excluding carboxylic acids is 1. The summed E-state index contributed by atoms with van der Waals surface area (Å²) >= 11 is 0. The van der Waals surface area contributed by atoms with Gasteiger partial charge in [-0.05, 0) is 18.9 Å². The molecule has 0 aromatic carbocycles. The van der Waals surface area contributed by atoms with Gasteiger partial charge < -0.3 is 10.2 Å². The van der Waals surface area contributed by atoms with Crippen LogP contribution < -0.4 is 5.73 Å². The topological polar surface area (TPSA) is 56.2 Å². The number of carbonyl (C=O) groups is 1. The van der Waals surface area contributed by atoms with Crippen molar-refractivity contribution in [2.45, 2.75) is 32.2 Å². The molecule has 1 aliphatic carbocycles. The number of furan rings is 1. The summed E-state index contributed by atoms with van der Waals surface area (Å²) in [6.45, 7) is 2.02. The van der Waals surface area contributed by atoms with E-state index in [1.54, 1.807) is 12.3 Å². The fourth-order valence-electron chi connectivity index (χ4n) is 2.06. The van der Waals surface area contributed by atoms with E-state index in [4.69, 9.17) is 10.2 Å². The molecule has 14 heavy (non-hydrogen) atoms. The molecule has 0 amide bonds. The van der Waals surface area contributed by atoms with Crippen LogP contribution in [0, 0.1) is 5.92 Å². The van der Waals surface area contributed by atoms with Crippen LogP contribution in [0.2, 0.25) is 0 Å². The molecule has 3 heteroatoms. The largest absolute Gasteiger partial charge is 0.469 e. The summed E-state index contributed by atoms with van der Waals surface area (Å²) in [5.41, 5.74) is 6.65. The summed E-state index contributed by atoms with van der Waals surface area (Å²) < 4.78 is 5.23. The quantitative estimate of drug-likeness (QED) is 0.778. The lowest BCUT2D eigenvalue weighted by Gasteiger charge is -2.24. The molecule has 1 aliphatic rings. The Balaban J connectivity index is 2.25. The summed E-state index contributed by atoms with van der Waals surface area (Å²) in [4.78, 5) is 11.9. The molecular formula is C11H15NO2. The fraction of sp³-hybridized carbons (Fsp3) is 0.545. The van der Waals surface area contributed by atoms with Gasteiger partial charge in [-0.25, -0.2) is 0 Å². The Morgan fingerprint density at radius 1 is 1.71 bits per heavy atom.